The second kappa shape index (κ2) is 3.13. The number of hydrogen-bond acceptors (Lipinski definition) is 2. The molecular formula is C8H5BrF3N3. The highest BCUT2D eigenvalue weighted by atomic mass is 79.9. The molecule has 0 spiro atoms. The molecule has 7 heteroatoms. The van der Waals surface area contributed by atoms with Crippen molar-refractivity contribution in [2.24, 2.45) is 0 Å². The summed E-state index contributed by atoms with van der Waals surface area (Å²) in [5.41, 5.74) is 4.85. The molecule has 0 saturated carbocycles. The van der Waals surface area contributed by atoms with Gasteiger partial charge in [-0.15, -0.1) is 0 Å². The SMILES string of the molecule is Nc1ccc(Br)n2cc(C(F)(F)F)nc12. The van der Waals surface area contributed by atoms with Crippen molar-refractivity contribution in [3.8, 4) is 0 Å². The lowest BCUT2D eigenvalue weighted by molar-refractivity contribution is -0.140. The summed E-state index contributed by atoms with van der Waals surface area (Å²) in [5.74, 6) is 0. The Hall–Kier alpha value is -1.24. The highest BCUT2D eigenvalue weighted by Crippen LogP contribution is 2.30. The van der Waals surface area contributed by atoms with E-state index in [0.29, 0.717) is 4.60 Å². The molecule has 2 rings (SSSR count). The Labute approximate surface area is 90.8 Å². The molecule has 2 aromatic rings. The number of rotatable bonds is 0. The van der Waals surface area contributed by atoms with Crippen LogP contribution >= 0.6 is 15.9 Å². The maximum Gasteiger partial charge on any atom is 0.434 e. The van der Waals surface area contributed by atoms with Gasteiger partial charge in [-0.05, 0) is 28.1 Å². The minimum absolute atomic E-state index is 0.0942. The van der Waals surface area contributed by atoms with Crippen molar-refractivity contribution in [3.05, 3.63) is 28.6 Å². The largest absolute Gasteiger partial charge is 0.434 e. The predicted octanol–water partition coefficient (Wildman–Crippen LogP) is 2.70. The number of halogens is 4. The lowest BCUT2D eigenvalue weighted by atomic mass is 10.4. The Morgan fingerprint density at radius 1 is 1.33 bits per heavy atom. The van der Waals surface area contributed by atoms with E-state index in [-0.39, 0.29) is 11.3 Å². The van der Waals surface area contributed by atoms with Crippen LogP contribution in [0.4, 0.5) is 18.9 Å². The molecule has 2 aromatic heterocycles. The quantitative estimate of drug-likeness (QED) is 0.754. The Bertz CT molecular complexity index is 479. The summed E-state index contributed by atoms with van der Waals surface area (Å²) in [7, 11) is 0. The molecule has 2 N–H and O–H groups in total. The Balaban J connectivity index is 2.76. The number of aromatic nitrogens is 2. The number of anilines is 1. The van der Waals surface area contributed by atoms with Crippen molar-refractivity contribution in [1.29, 1.82) is 0 Å². The first-order valence-corrected chi connectivity index (χ1v) is 4.69. The monoisotopic (exact) mass is 279 g/mol. The fourth-order valence-electron chi connectivity index (χ4n) is 1.20. The van der Waals surface area contributed by atoms with Crippen LogP contribution in [0.25, 0.3) is 5.65 Å². The van der Waals surface area contributed by atoms with Crippen molar-refractivity contribution in [2.45, 2.75) is 6.18 Å². The van der Waals surface area contributed by atoms with Gasteiger partial charge >= 0.3 is 6.18 Å². The number of hydrogen-bond donors (Lipinski definition) is 1. The summed E-state index contributed by atoms with van der Waals surface area (Å²) in [6, 6.07) is 3.05. The maximum atomic E-state index is 12.4. The molecule has 0 aromatic carbocycles. The molecule has 0 radical (unpaired) electrons. The van der Waals surface area contributed by atoms with E-state index in [1.165, 1.54) is 10.5 Å². The number of nitrogen functional groups attached to an aromatic ring is 1. The first-order chi connectivity index (χ1) is 6.89. The van der Waals surface area contributed by atoms with Gasteiger partial charge in [-0.1, -0.05) is 0 Å². The third-order valence-corrected chi connectivity index (χ3v) is 2.53. The molecule has 0 amide bonds. The number of pyridine rings is 1. The van der Waals surface area contributed by atoms with E-state index in [9.17, 15) is 13.2 Å². The second-order valence-electron chi connectivity index (χ2n) is 2.93. The van der Waals surface area contributed by atoms with Crippen molar-refractivity contribution in [2.75, 3.05) is 5.73 Å². The normalized spacial score (nSPS) is 12.3. The summed E-state index contributed by atoms with van der Waals surface area (Å²) in [6.45, 7) is 0. The molecule has 15 heavy (non-hydrogen) atoms. The third-order valence-electron chi connectivity index (χ3n) is 1.89. The summed E-state index contributed by atoms with van der Waals surface area (Å²) in [5, 5.41) is 0. The average Bonchev–Trinajstić information content (AvgIpc) is 2.56. The standard InChI is InChI=1S/C8H5BrF3N3/c9-6-2-1-4(13)7-14-5(3-15(6)7)8(10,11)12/h1-3H,13H2. The van der Waals surface area contributed by atoms with E-state index < -0.39 is 11.9 Å². The van der Waals surface area contributed by atoms with Crippen molar-refractivity contribution >= 4 is 27.3 Å². The van der Waals surface area contributed by atoms with Gasteiger partial charge in [0.2, 0.25) is 0 Å². The number of nitrogens with two attached hydrogens (primary N) is 1. The van der Waals surface area contributed by atoms with Gasteiger partial charge in [-0.25, -0.2) is 4.98 Å². The van der Waals surface area contributed by atoms with Gasteiger partial charge in [-0.3, -0.25) is 4.40 Å². The van der Waals surface area contributed by atoms with Crippen LogP contribution in [-0.4, -0.2) is 9.38 Å². The lowest BCUT2D eigenvalue weighted by Gasteiger charge is -1.98. The molecule has 0 bridgehead atoms. The van der Waals surface area contributed by atoms with Crippen molar-refractivity contribution in [3.63, 3.8) is 0 Å². The van der Waals surface area contributed by atoms with Gasteiger partial charge in [0.1, 0.15) is 0 Å². The molecule has 3 nitrogen and oxygen atoms in total. The molecule has 0 aliphatic rings. The van der Waals surface area contributed by atoms with Crippen LogP contribution in [0.2, 0.25) is 0 Å². The van der Waals surface area contributed by atoms with Crippen molar-refractivity contribution in [1.82, 2.24) is 9.38 Å². The minimum Gasteiger partial charge on any atom is -0.396 e. The summed E-state index contributed by atoms with van der Waals surface area (Å²) < 4.78 is 38.8. The van der Waals surface area contributed by atoms with Crippen LogP contribution in [0.1, 0.15) is 5.69 Å². The summed E-state index contributed by atoms with van der Waals surface area (Å²) in [4.78, 5) is 3.43. The fraction of sp³-hybridized carbons (Fsp3) is 0.125. The zero-order valence-corrected chi connectivity index (χ0v) is 8.80. The molecular weight excluding hydrogens is 275 g/mol. The van der Waals surface area contributed by atoms with E-state index in [2.05, 4.69) is 20.9 Å². The zero-order valence-electron chi connectivity index (χ0n) is 7.22. The minimum atomic E-state index is -4.46. The Morgan fingerprint density at radius 2 is 2.00 bits per heavy atom. The van der Waals surface area contributed by atoms with Crippen LogP contribution in [0.3, 0.4) is 0 Å². The highest BCUT2D eigenvalue weighted by Gasteiger charge is 2.34. The van der Waals surface area contributed by atoms with Gasteiger partial charge < -0.3 is 5.73 Å². The van der Waals surface area contributed by atoms with Crippen molar-refractivity contribution < 1.29 is 13.2 Å². The number of alkyl halides is 3. The van der Waals surface area contributed by atoms with Gasteiger partial charge in [0.25, 0.3) is 0 Å². The lowest BCUT2D eigenvalue weighted by Crippen LogP contribution is -2.04. The van der Waals surface area contributed by atoms with Gasteiger partial charge in [0, 0.05) is 6.20 Å². The molecule has 0 fully saturated rings. The van der Waals surface area contributed by atoms with E-state index in [4.69, 9.17) is 5.73 Å². The smallest absolute Gasteiger partial charge is 0.396 e. The van der Waals surface area contributed by atoms with E-state index in [1.807, 2.05) is 0 Å². The molecule has 0 atom stereocenters. The highest BCUT2D eigenvalue weighted by molar-refractivity contribution is 9.10. The van der Waals surface area contributed by atoms with E-state index >= 15 is 0 Å². The summed E-state index contributed by atoms with van der Waals surface area (Å²) in [6.07, 6.45) is -3.56. The maximum absolute atomic E-state index is 12.4. The fourth-order valence-corrected chi connectivity index (χ4v) is 1.60. The average molecular weight is 280 g/mol. The molecule has 80 valence electrons. The predicted molar refractivity (Wildman–Crippen MR) is 52.3 cm³/mol. The number of imidazole rings is 1. The first kappa shape index (κ1) is 10.3. The zero-order chi connectivity index (χ0) is 11.2. The Kier molecular flexibility index (Phi) is 2.14. The number of fused-ring (bicyclic) bond motifs is 1. The van der Waals surface area contributed by atoms with E-state index in [1.54, 1.807) is 6.07 Å². The van der Waals surface area contributed by atoms with Gasteiger partial charge in [0.15, 0.2) is 11.3 Å². The Morgan fingerprint density at radius 3 is 2.53 bits per heavy atom. The molecule has 0 saturated heterocycles. The molecule has 0 aliphatic carbocycles. The van der Waals surface area contributed by atoms with Crippen LogP contribution in [0.5, 0.6) is 0 Å². The third kappa shape index (κ3) is 1.67. The van der Waals surface area contributed by atoms with Gasteiger partial charge in [0.05, 0.1) is 10.3 Å². The van der Waals surface area contributed by atoms with Crippen LogP contribution in [0, 0.1) is 0 Å². The molecule has 2 heterocycles. The molecule has 0 aliphatic heterocycles. The number of nitrogens with zero attached hydrogens (tertiary/aromatic N) is 2. The van der Waals surface area contributed by atoms with Crippen LogP contribution < -0.4 is 5.73 Å². The van der Waals surface area contributed by atoms with Crippen LogP contribution in [-0.2, 0) is 6.18 Å². The second-order valence-corrected chi connectivity index (χ2v) is 3.74. The topological polar surface area (TPSA) is 43.3 Å². The first-order valence-electron chi connectivity index (χ1n) is 3.90. The van der Waals surface area contributed by atoms with Gasteiger partial charge in [-0.2, -0.15) is 13.2 Å². The van der Waals surface area contributed by atoms with Crippen LogP contribution in [0.15, 0.2) is 22.9 Å². The van der Waals surface area contributed by atoms with E-state index in [0.717, 1.165) is 6.20 Å². The molecule has 0 unspecified atom stereocenters. The summed E-state index contributed by atoms with van der Waals surface area (Å²) >= 11 is 3.11.